The topological polar surface area (TPSA) is 62.4 Å². The lowest BCUT2D eigenvalue weighted by atomic mass is 9.86. The minimum absolute atomic E-state index is 0.432. The van der Waals surface area contributed by atoms with Gasteiger partial charge in [-0.3, -0.25) is 4.90 Å². The monoisotopic (exact) mass is 283 g/mol. The Bertz CT molecular complexity index is 602. The van der Waals surface area contributed by atoms with E-state index in [0.717, 1.165) is 31.5 Å². The number of pyridine rings is 1. The van der Waals surface area contributed by atoms with Gasteiger partial charge < -0.3 is 10.8 Å². The van der Waals surface area contributed by atoms with Crippen LogP contribution in [0.1, 0.15) is 24.0 Å². The van der Waals surface area contributed by atoms with E-state index in [2.05, 4.69) is 22.0 Å². The predicted octanol–water partition coefficient (Wildman–Crippen LogP) is 2.15. The number of nitrogens with two attached hydrogens (primary N) is 1. The number of likely N-dealkylation sites (tertiary alicyclic amines) is 1. The third-order valence-electron chi connectivity index (χ3n) is 4.14. The zero-order chi connectivity index (χ0) is 14.7. The first-order valence-corrected chi connectivity index (χ1v) is 7.37. The number of nitrogens with zero attached hydrogens (tertiary/aromatic N) is 2. The van der Waals surface area contributed by atoms with Crippen molar-refractivity contribution < 1.29 is 5.11 Å². The van der Waals surface area contributed by atoms with Crippen molar-refractivity contribution in [2.45, 2.75) is 25.0 Å². The molecule has 0 spiro atoms. The fourth-order valence-electron chi connectivity index (χ4n) is 3.13. The van der Waals surface area contributed by atoms with Gasteiger partial charge in [-0.1, -0.05) is 36.4 Å². The second kappa shape index (κ2) is 5.84. The average molecular weight is 283 g/mol. The minimum Gasteiger partial charge on any atom is -0.384 e. The van der Waals surface area contributed by atoms with Gasteiger partial charge in [0, 0.05) is 24.8 Å². The number of benzene rings is 1. The fourth-order valence-corrected chi connectivity index (χ4v) is 3.13. The molecule has 1 unspecified atom stereocenters. The van der Waals surface area contributed by atoms with Crippen LogP contribution < -0.4 is 5.73 Å². The average Bonchev–Trinajstić information content (AvgIpc) is 2.49. The maximum Gasteiger partial charge on any atom is 0.129 e. The van der Waals surface area contributed by atoms with E-state index in [4.69, 9.17) is 5.73 Å². The highest BCUT2D eigenvalue weighted by Gasteiger charge is 2.36. The summed E-state index contributed by atoms with van der Waals surface area (Å²) >= 11 is 0. The van der Waals surface area contributed by atoms with Gasteiger partial charge >= 0.3 is 0 Å². The summed E-state index contributed by atoms with van der Waals surface area (Å²) in [5, 5.41) is 11.0. The van der Waals surface area contributed by atoms with Crippen molar-refractivity contribution in [3.63, 3.8) is 0 Å². The van der Waals surface area contributed by atoms with Crippen LogP contribution in [-0.4, -0.2) is 28.1 Å². The first kappa shape index (κ1) is 14.0. The van der Waals surface area contributed by atoms with Crippen molar-refractivity contribution in [3.05, 3.63) is 59.8 Å². The molecule has 2 heterocycles. The number of hydrogen-bond acceptors (Lipinski definition) is 4. The summed E-state index contributed by atoms with van der Waals surface area (Å²) in [7, 11) is 0. The molecule has 1 aliphatic heterocycles. The van der Waals surface area contributed by atoms with Crippen LogP contribution in [0, 0.1) is 0 Å². The van der Waals surface area contributed by atoms with Crippen LogP contribution in [-0.2, 0) is 12.1 Å². The van der Waals surface area contributed by atoms with Crippen LogP contribution >= 0.6 is 0 Å². The summed E-state index contributed by atoms with van der Waals surface area (Å²) in [6, 6.07) is 14.1. The molecule has 0 radical (unpaired) electrons. The van der Waals surface area contributed by atoms with Crippen molar-refractivity contribution in [3.8, 4) is 0 Å². The summed E-state index contributed by atoms with van der Waals surface area (Å²) in [5.41, 5.74) is 7.06. The van der Waals surface area contributed by atoms with Gasteiger partial charge in [0.05, 0.1) is 0 Å². The second-order valence-electron chi connectivity index (χ2n) is 5.77. The molecule has 3 rings (SSSR count). The number of aliphatic hydroxyl groups is 1. The zero-order valence-electron chi connectivity index (χ0n) is 12.1. The van der Waals surface area contributed by atoms with E-state index in [1.54, 1.807) is 6.20 Å². The largest absolute Gasteiger partial charge is 0.384 e. The third-order valence-corrected chi connectivity index (χ3v) is 4.14. The Morgan fingerprint density at radius 1 is 1.19 bits per heavy atom. The van der Waals surface area contributed by atoms with Crippen molar-refractivity contribution in [2.24, 2.45) is 0 Å². The van der Waals surface area contributed by atoms with Crippen molar-refractivity contribution in [1.82, 2.24) is 9.88 Å². The molecule has 1 saturated heterocycles. The van der Waals surface area contributed by atoms with Gasteiger partial charge in [0.1, 0.15) is 11.4 Å². The number of piperidine rings is 1. The Morgan fingerprint density at radius 3 is 2.76 bits per heavy atom. The van der Waals surface area contributed by atoms with Crippen LogP contribution in [0.5, 0.6) is 0 Å². The number of anilines is 1. The van der Waals surface area contributed by atoms with E-state index in [1.807, 2.05) is 30.3 Å². The van der Waals surface area contributed by atoms with E-state index in [-0.39, 0.29) is 0 Å². The van der Waals surface area contributed by atoms with Crippen molar-refractivity contribution in [1.29, 1.82) is 0 Å². The standard InChI is InChI=1S/C17H21N3O/c18-16-15(8-4-10-19-16)17(21)9-5-11-20(13-17)12-14-6-2-1-3-7-14/h1-4,6-8,10,21H,5,9,11-13H2,(H2,18,19). The summed E-state index contributed by atoms with van der Waals surface area (Å²) in [6.45, 7) is 2.44. The molecule has 3 N–H and O–H groups in total. The SMILES string of the molecule is Nc1ncccc1C1(O)CCCN(Cc2ccccc2)C1. The lowest BCUT2D eigenvalue weighted by Crippen LogP contribution is -2.46. The molecule has 4 nitrogen and oxygen atoms in total. The highest BCUT2D eigenvalue weighted by Crippen LogP contribution is 2.34. The lowest BCUT2D eigenvalue weighted by Gasteiger charge is -2.39. The number of β-amino-alcohol motifs (C(OH)–C–C–N with tert-alkyl or cyclic N) is 1. The van der Waals surface area contributed by atoms with Gasteiger partial charge in [0.25, 0.3) is 0 Å². The molecule has 0 bridgehead atoms. The highest BCUT2D eigenvalue weighted by molar-refractivity contribution is 5.43. The Morgan fingerprint density at radius 2 is 2.00 bits per heavy atom. The molecule has 2 aromatic rings. The zero-order valence-corrected chi connectivity index (χ0v) is 12.1. The first-order valence-electron chi connectivity index (χ1n) is 7.37. The smallest absolute Gasteiger partial charge is 0.129 e. The molecule has 0 aliphatic carbocycles. The Labute approximate surface area is 125 Å². The van der Waals surface area contributed by atoms with Crippen LogP contribution in [0.3, 0.4) is 0 Å². The molecule has 1 aliphatic rings. The molecular formula is C17H21N3O. The van der Waals surface area contributed by atoms with Gasteiger partial charge in [0.15, 0.2) is 0 Å². The van der Waals surface area contributed by atoms with Gasteiger partial charge in [0.2, 0.25) is 0 Å². The molecule has 4 heteroatoms. The van der Waals surface area contributed by atoms with Crippen LogP contribution in [0.15, 0.2) is 48.7 Å². The molecule has 1 fully saturated rings. The maximum absolute atomic E-state index is 11.0. The minimum atomic E-state index is -0.897. The van der Waals surface area contributed by atoms with Crippen LogP contribution in [0.4, 0.5) is 5.82 Å². The van der Waals surface area contributed by atoms with Gasteiger partial charge in [-0.25, -0.2) is 4.98 Å². The number of aromatic nitrogens is 1. The molecule has 1 aromatic carbocycles. The van der Waals surface area contributed by atoms with E-state index in [1.165, 1.54) is 5.56 Å². The summed E-state index contributed by atoms with van der Waals surface area (Å²) in [4.78, 5) is 6.39. The summed E-state index contributed by atoms with van der Waals surface area (Å²) < 4.78 is 0. The Hall–Kier alpha value is -1.91. The molecule has 110 valence electrons. The molecule has 1 atom stereocenters. The van der Waals surface area contributed by atoms with Crippen molar-refractivity contribution >= 4 is 5.82 Å². The van der Waals surface area contributed by atoms with E-state index in [0.29, 0.717) is 12.4 Å². The quantitative estimate of drug-likeness (QED) is 0.906. The highest BCUT2D eigenvalue weighted by atomic mass is 16.3. The van der Waals surface area contributed by atoms with Crippen molar-refractivity contribution in [2.75, 3.05) is 18.8 Å². The van der Waals surface area contributed by atoms with E-state index < -0.39 is 5.60 Å². The molecule has 21 heavy (non-hydrogen) atoms. The predicted molar refractivity (Wildman–Crippen MR) is 83.5 cm³/mol. The third kappa shape index (κ3) is 3.06. The molecular weight excluding hydrogens is 262 g/mol. The number of rotatable bonds is 3. The Kier molecular flexibility index (Phi) is 3.90. The Balaban J connectivity index is 1.78. The van der Waals surface area contributed by atoms with E-state index in [9.17, 15) is 5.11 Å². The van der Waals surface area contributed by atoms with Gasteiger partial charge in [-0.15, -0.1) is 0 Å². The lowest BCUT2D eigenvalue weighted by molar-refractivity contribution is -0.0377. The second-order valence-corrected chi connectivity index (χ2v) is 5.77. The number of hydrogen-bond donors (Lipinski definition) is 2. The maximum atomic E-state index is 11.0. The van der Waals surface area contributed by atoms with Crippen LogP contribution in [0.2, 0.25) is 0 Å². The first-order chi connectivity index (χ1) is 10.2. The van der Waals surface area contributed by atoms with Crippen LogP contribution in [0.25, 0.3) is 0 Å². The molecule has 0 saturated carbocycles. The normalized spacial score (nSPS) is 23.1. The summed E-state index contributed by atoms with van der Waals surface area (Å²) in [5.74, 6) is 0.432. The van der Waals surface area contributed by atoms with Gasteiger partial charge in [-0.2, -0.15) is 0 Å². The fraction of sp³-hybridized carbons (Fsp3) is 0.353. The number of nitrogen functional groups attached to an aromatic ring is 1. The molecule has 0 amide bonds. The summed E-state index contributed by atoms with van der Waals surface area (Å²) in [6.07, 6.45) is 3.35. The molecule has 1 aromatic heterocycles. The van der Waals surface area contributed by atoms with E-state index >= 15 is 0 Å². The van der Waals surface area contributed by atoms with Gasteiger partial charge in [-0.05, 0) is 31.0 Å².